The van der Waals surface area contributed by atoms with E-state index in [4.69, 9.17) is 10.5 Å². The van der Waals surface area contributed by atoms with Gasteiger partial charge in [0.25, 0.3) is 0 Å². The molecule has 1 aromatic heterocycles. The Bertz CT molecular complexity index is 450. The molecule has 1 rings (SSSR count). The van der Waals surface area contributed by atoms with Crippen LogP contribution in [0.2, 0.25) is 14.8 Å². The Morgan fingerprint density at radius 3 is 2.27 bits per heavy atom. The number of nitriles is 2. The molecule has 4 heteroatoms. The van der Waals surface area contributed by atoms with Crippen LogP contribution in [0.1, 0.15) is 4.88 Å². The molecule has 2 nitrogen and oxygen atoms in total. The van der Waals surface area contributed by atoms with Crippen molar-refractivity contribution in [3.8, 4) is 12.1 Å². The van der Waals surface area contributed by atoms with Crippen LogP contribution in [0.5, 0.6) is 0 Å². The van der Waals surface area contributed by atoms with E-state index in [0.717, 1.165) is 4.88 Å². The summed E-state index contributed by atoms with van der Waals surface area (Å²) in [6.07, 6.45) is 1.66. The van der Waals surface area contributed by atoms with Crippen molar-refractivity contribution in [3.05, 3.63) is 22.6 Å². The Labute approximate surface area is 98.3 Å². The topological polar surface area (TPSA) is 47.6 Å². The summed E-state index contributed by atoms with van der Waals surface area (Å²) in [4.78, 5) is 8.06. The van der Waals surface area contributed by atoms with E-state index >= 15 is 0 Å². The van der Waals surface area contributed by atoms with Gasteiger partial charge in [-0.3, -0.25) is 0 Å². The molecule has 0 amide bonds. The van der Waals surface area contributed by atoms with Gasteiger partial charge in [-0.2, -0.15) is 0 Å². The second-order valence-corrected chi connectivity index (χ2v) is 20.8. The molecule has 0 aliphatic carbocycles. The third-order valence-electron chi connectivity index (χ3n) is 1.89. The van der Waals surface area contributed by atoms with Gasteiger partial charge in [-0.25, -0.2) is 0 Å². The van der Waals surface area contributed by atoms with Gasteiger partial charge in [-0.15, -0.1) is 0 Å². The van der Waals surface area contributed by atoms with Gasteiger partial charge in [0.1, 0.15) is 0 Å². The zero-order valence-electron chi connectivity index (χ0n) is 9.03. The first-order chi connectivity index (χ1) is 6.97. The average molecular weight is 323 g/mol. The quantitative estimate of drug-likeness (QED) is 0.621. The first-order valence-corrected chi connectivity index (χ1v) is 15.4. The van der Waals surface area contributed by atoms with Crippen LogP contribution in [0.15, 0.2) is 17.7 Å². The Hall–Kier alpha value is -0.781. The molecule has 76 valence electrons. The van der Waals surface area contributed by atoms with E-state index in [0.29, 0.717) is 0 Å². The first-order valence-electron chi connectivity index (χ1n) is 4.59. The Kier molecular flexibility index (Phi) is 3.96. The van der Waals surface area contributed by atoms with Crippen molar-refractivity contribution in [1.29, 1.82) is 10.5 Å². The van der Waals surface area contributed by atoms with E-state index < -0.39 is 18.4 Å². The number of thiophene rings is 1. The summed E-state index contributed by atoms with van der Waals surface area (Å²) >= 11 is -0.254. The summed E-state index contributed by atoms with van der Waals surface area (Å²) in [6, 6.07) is 7.88. The molecule has 0 aliphatic rings. The number of hydrogen-bond donors (Lipinski definition) is 0. The zero-order chi connectivity index (χ0) is 11.5. The fourth-order valence-electron chi connectivity index (χ4n) is 1.07. The summed E-state index contributed by atoms with van der Waals surface area (Å²) in [5, 5.41) is 17.3. The van der Waals surface area contributed by atoms with E-state index in [1.54, 1.807) is 17.4 Å². The molecule has 0 saturated carbocycles. The van der Waals surface area contributed by atoms with E-state index in [9.17, 15) is 0 Å². The maximum absolute atomic E-state index is 8.63. The van der Waals surface area contributed by atoms with Crippen LogP contribution in [-0.2, 0) is 0 Å². The number of nitrogens with zero attached hydrogens (tertiary/aromatic N) is 2. The van der Waals surface area contributed by atoms with Crippen LogP contribution in [0, 0.1) is 22.7 Å². The normalized spacial score (nSPS) is 10.2. The standard InChI is InChI=1S/C8H3N2S.3CH3.Sn/c9-5-7(6-10)4-8-2-1-3-11-8;;;;/h1-2,4H;3*1H3;. The van der Waals surface area contributed by atoms with E-state index in [-0.39, 0.29) is 5.57 Å². The van der Waals surface area contributed by atoms with Crippen molar-refractivity contribution >= 4 is 38.7 Å². The third-order valence-corrected chi connectivity index (χ3v) is 12.4. The fraction of sp³-hybridized carbons (Fsp3) is 0.273. The van der Waals surface area contributed by atoms with Gasteiger partial charge < -0.3 is 0 Å². The molecule has 0 radical (unpaired) electrons. The molecule has 0 saturated heterocycles. The summed E-state index contributed by atoms with van der Waals surface area (Å²) in [7, 11) is 0. The van der Waals surface area contributed by atoms with Crippen LogP contribution >= 0.6 is 11.3 Å². The van der Waals surface area contributed by atoms with Crippen molar-refractivity contribution in [2.75, 3.05) is 0 Å². The molecule has 1 aromatic rings. The molecule has 0 atom stereocenters. The molecule has 1 heterocycles. The van der Waals surface area contributed by atoms with Crippen LogP contribution in [0.3, 0.4) is 0 Å². The number of hydrogen-bond acceptors (Lipinski definition) is 3. The fourth-order valence-corrected chi connectivity index (χ4v) is 7.37. The molecule has 0 aromatic carbocycles. The minimum absolute atomic E-state index is 0.174. The van der Waals surface area contributed by atoms with E-state index in [1.807, 2.05) is 18.2 Å². The Morgan fingerprint density at radius 2 is 1.87 bits per heavy atom. The summed E-state index contributed by atoms with van der Waals surface area (Å²) in [5.41, 5.74) is 0.174. The third kappa shape index (κ3) is 3.37. The predicted molar refractivity (Wildman–Crippen MR) is 66.5 cm³/mol. The summed E-state index contributed by atoms with van der Waals surface area (Å²) in [6.45, 7) is 0. The van der Waals surface area contributed by atoms with Crippen LogP contribution in [0.4, 0.5) is 0 Å². The number of rotatable bonds is 2. The molecular formula is C11H12N2SSn. The van der Waals surface area contributed by atoms with Crippen LogP contribution < -0.4 is 2.89 Å². The van der Waals surface area contributed by atoms with Gasteiger partial charge in [0.05, 0.1) is 0 Å². The van der Waals surface area contributed by atoms with E-state index in [2.05, 4.69) is 20.9 Å². The van der Waals surface area contributed by atoms with Crippen LogP contribution in [-0.4, -0.2) is 18.4 Å². The van der Waals surface area contributed by atoms with Crippen molar-refractivity contribution < 1.29 is 0 Å². The summed E-state index contributed by atoms with van der Waals surface area (Å²) in [5.74, 6) is 0. The zero-order valence-corrected chi connectivity index (χ0v) is 12.7. The van der Waals surface area contributed by atoms with Gasteiger partial charge in [0.15, 0.2) is 0 Å². The van der Waals surface area contributed by atoms with E-state index in [1.165, 1.54) is 2.89 Å². The van der Waals surface area contributed by atoms with Gasteiger partial charge in [-0.1, -0.05) is 0 Å². The second kappa shape index (κ2) is 4.83. The average Bonchev–Trinajstić information content (AvgIpc) is 2.61. The van der Waals surface area contributed by atoms with Crippen molar-refractivity contribution in [1.82, 2.24) is 0 Å². The Balaban J connectivity index is 3.03. The molecule has 0 spiro atoms. The van der Waals surface area contributed by atoms with Crippen LogP contribution in [0.25, 0.3) is 6.08 Å². The van der Waals surface area contributed by atoms with Gasteiger partial charge in [0.2, 0.25) is 0 Å². The molecule has 15 heavy (non-hydrogen) atoms. The van der Waals surface area contributed by atoms with Crippen molar-refractivity contribution in [2.24, 2.45) is 0 Å². The molecule has 0 unspecified atom stereocenters. The van der Waals surface area contributed by atoms with Crippen molar-refractivity contribution in [2.45, 2.75) is 14.8 Å². The molecule has 0 fully saturated rings. The first kappa shape index (κ1) is 12.3. The molecular weight excluding hydrogens is 311 g/mol. The van der Waals surface area contributed by atoms with Crippen molar-refractivity contribution in [3.63, 3.8) is 0 Å². The molecule has 0 N–H and O–H groups in total. The van der Waals surface area contributed by atoms with Gasteiger partial charge in [0, 0.05) is 0 Å². The molecule has 0 bridgehead atoms. The SMILES string of the molecule is [CH3][Sn]([CH3])([CH3])[c]1ccc(C=C(C#N)C#N)s1. The molecule has 0 aliphatic heterocycles. The maximum atomic E-state index is 8.63. The van der Waals surface area contributed by atoms with Gasteiger partial charge >= 0.3 is 98.7 Å². The second-order valence-electron chi connectivity index (χ2n) is 4.23. The monoisotopic (exact) mass is 324 g/mol. The Morgan fingerprint density at radius 1 is 1.27 bits per heavy atom. The summed E-state index contributed by atoms with van der Waals surface area (Å²) < 4.78 is 1.46. The predicted octanol–water partition coefficient (Wildman–Crippen LogP) is 2.72. The minimum atomic E-state index is -1.97. The number of allylic oxidation sites excluding steroid dienone is 1. The van der Waals surface area contributed by atoms with Gasteiger partial charge in [-0.05, 0) is 0 Å².